The number of fused-ring (bicyclic) bond motifs is 1. The zero-order valence-corrected chi connectivity index (χ0v) is 12.2. The smallest absolute Gasteiger partial charge is 0.407 e. The molecular weight excluding hydrogens is 284 g/mol. The van der Waals surface area contributed by atoms with Gasteiger partial charge in [-0.15, -0.1) is 0 Å². The highest BCUT2D eigenvalue weighted by Crippen LogP contribution is 2.33. The fourth-order valence-corrected chi connectivity index (χ4v) is 2.45. The first-order chi connectivity index (χ1) is 9.15. The summed E-state index contributed by atoms with van der Waals surface area (Å²) in [7, 11) is -3.74. The molecule has 1 heterocycles. The van der Waals surface area contributed by atoms with Gasteiger partial charge in [0.2, 0.25) is 0 Å². The zero-order valence-electron chi connectivity index (χ0n) is 11.4. The molecule has 2 N–H and O–H groups in total. The van der Waals surface area contributed by atoms with Crippen molar-refractivity contribution in [2.75, 3.05) is 4.72 Å². The second-order valence-electron chi connectivity index (χ2n) is 5.33. The van der Waals surface area contributed by atoms with Gasteiger partial charge in [-0.3, -0.25) is 0 Å². The van der Waals surface area contributed by atoms with Crippen LogP contribution >= 0.6 is 0 Å². The van der Waals surface area contributed by atoms with Crippen LogP contribution in [0.15, 0.2) is 18.2 Å². The molecule has 0 spiro atoms. The van der Waals surface area contributed by atoms with Gasteiger partial charge in [0.05, 0.1) is 5.69 Å². The minimum Gasteiger partial charge on any atom is -0.444 e. The summed E-state index contributed by atoms with van der Waals surface area (Å²) >= 11 is 0. The van der Waals surface area contributed by atoms with Gasteiger partial charge < -0.3 is 14.2 Å². The van der Waals surface area contributed by atoms with Crippen molar-refractivity contribution >= 4 is 22.1 Å². The Kier molecular flexibility index (Phi) is 3.51. The molecule has 0 bridgehead atoms. The summed E-state index contributed by atoms with van der Waals surface area (Å²) in [6, 6.07) is 4.81. The monoisotopic (exact) mass is 300 g/mol. The van der Waals surface area contributed by atoms with Crippen molar-refractivity contribution in [3.8, 4) is 5.75 Å². The van der Waals surface area contributed by atoms with Crippen LogP contribution in [0, 0.1) is 0 Å². The Bertz CT molecular complexity index is 634. The van der Waals surface area contributed by atoms with E-state index in [9.17, 15) is 13.2 Å². The number of amides is 1. The summed E-state index contributed by atoms with van der Waals surface area (Å²) in [6.07, 6.45) is -0.537. The Morgan fingerprint density at radius 1 is 1.40 bits per heavy atom. The lowest BCUT2D eigenvalue weighted by molar-refractivity contribution is 0.0523. The molecule has 0 aliphatic carbocycles. The van der Waals surface area contributed by atoms with Gasteiger partial charge in [0.1, 0.15) is 5.60 Å². The van der Waals surface area contributed by atoms with E-state index in [0.29, 0.717) is 11.3 Å². The number of benzene rings is 1. The SMILES string of the molecule is CC(C)(C)OC(=O)NCc1ccc2c(c1)OS(=O)(=O)N2. The van der Waals surface area contributed by atoms with Crippen molar-refractivity contribution in [3.63, 3.8) is 0 Å². The summed E-state index contributed by atoms with van der Waals surface area (Å²) in [5, 5.41) is 2.58. The minimum absolute atomic E-state index is 0.214. The molecule has 1 aliphatic heterocycles. The average Bonchev–Trinajstić information content (AvgIpc) is 2.57. The lowest BCUT2D eigenvalue weighted by Gasteiger charge is -2.19. The highest BCUT2D eigenvalue weighted by Gasteiger charge is 2.25. The Morgan fingerprint density at radius 3 is 2.75 bits per heavy atom. The largest absolute Gasteiger partial charge is 0.444 e. The number of hydrogen-bond donors (Lipinski definition) is 2. The third-order valence-electron chi connectivity index (χ3n) is 2.32. The Labute approximate surface area is 117 Å². The number of nitrogens with one attached hydrogen (secondary N) is 2. The molecule has 1 aliphatic rings. The number of carbonyl (C=O) groups excluding carboxylic acids is 1. The molecule has 0 unspecified atom stereocenters. The van der Waals surface area contributed by atoms with Gasteiger partial charge in [0, 0.05) is 6.54 Å². The lowest BCUT2D eigenvalue weighted by Crippen LogP contribution is -2.32. The number of hydrogen-bond acceptors (Lipinski definition) is 5. The molecule has 7 nitrogen and oxygen atoms in total. The topological polar surface area (TPSA) is 93.7 Å². The quantitative estimate of drug-likeness (QED) is 0.868. The minimum atomic E-state index is -3.74. The molecule has 0 atom stereocenters. The fraction of sp³-hybridized carbons (Fsp3) is 0.417. The zero-order chi connectivity index (χ0) is 15.0. The van der Waals surface area contributed by atoms with E-state index >= 15 is 0 Å². The fourth-order valence-electron chi connectivity index (χ4n) is 1.59. The van der Waals surface area contributed by atoms with Crippen molar-refractivity contribution in [3.05, 3.63) is 23.8 Å². The molecule has 110 valence electrons. The van der Waals surface area contributed by atoms with E-state index < -0.39 is 22.0 Å². The van der Waals surface area contributed by atoms with Crippen LogP contribution in [-0.2, 0) is 21.6 Å². The Balaban J connectivity index is 1.98. The van der Waals surface area contributed by atoms with E-state index in [1.54, 1.807) is 39.0 Å². The standard InChI is InChI=1S/C12H16N2O5S/c1-12(2,3)18-11(15)13-7-8-4-5-9-10(6-8)19-20(16,17)14-9/h4-6,14H,7H2,1-3H3,(H,13,15). The highest BCUT2D eigenvalue weighted by atomic mass is 32.2. The predicted octanol–water partition coefficient (Wildman–Crippen LogP) is 1.76. The second-order valence-corrected chi connectivity index (χ2v) is 6.60. The summed E-state index contributed by atoms with van der Waals surface area (Å²) < 4.78 is 34.5. The third kappa shape index (κ3) is 3.77. The maximum atomic E-state index is 11.5. The van der Waals surface area contributed by atoms with Crippen LogP contribution in [0.4, 0.5) is 10.5 Å². The first-order valence-electron chi connectivity index (χ1n) is 5.97. The van der Waals surface area contributed by atoms with Crippen LogP contribution in [0.25, 0.3) is 0 Å². The summed E-state index contributed by atoms with van der Waals surface area (Å²) in [5.74, 6) is 0.216. The van der Waals surface area contributed by atoms with Crippen LogP contribution in [0.5, 0.6) is 5.75 Å². The predicted molar refractivity (Wildman–Crippen MR) is 72.7 cm³/mol. The van der Waals surface area contributed by atoms with Crippen molar-refractivity contribution in [1.82, 2.24) is 5.32 Å². The molecule has 8 heteroatoms. The lowest BCUT2D eigenvalue weighted by atomic mass is 10.2. The summed E-state index contributed by atoms with van der Waals surface area (Å²) in [5.41, 5.74) is 0.517. The van der Waals surface area contributed by atoms with Crippen molar-refractivity contribution < 1.29 is 22.1 Å². The molecule has 1 aromatic rings. The molecule has 20 heavy (non-hydrogen) atoms. The van der Waals surface area contributed by atoms with E-state index in [1.807, 2.05) is 0 Å². The Hall–Kier alpha value is -1.96. The van der Waals surface area contributed by atoms with Crippen LogP contribution in [0.2, 0.25) is 0 Å². The normalized spacial score (nSPS) is 15.8. The third-order valence-corrected chi connectivity index (χ3v) is 3.19. The van der Waals surface area contributed by atoms with E-state index in [-0.39, 0.29) is 12.3 Å². The molecule has 2 rings (SSSR count). The van der Waals surface area contributed by atoms with Gasteiger partial charge in [-0.1, -0.05) is 6.07 Å². The molecule has 1 aromatic carbocycles. The molecule has 0 aromatic heterocycles. The molecule has 0 saturated carbocycles. The first-order valence-corrected chi connectivity index (χ1v) is 7.37. The number of rotatable bonds is 2. The van der Waals surface area contributed by atoms with Gasteiger partial charge in [-0.05, 0) is 38.5 Å². The molecule has 0 fully saturated rings. The van der Waals surface area contributed by atoms with Crippen molar-refractivity contribution in [2.24, 2.45) is 0 Å². The van der Waals surface area contributed by atoms with E-state index in [1.165, 1.54) is 0 Å². The maximum absolute atomic E-state index is 11.5. The number of ether oxygens (including phenoxy) is 1. The van der Waals surface area contributed by atoms with E-state index in [2.05, 4.69) is 10.0 Å². The summed E-state index contributed by atoms with van der Waals surface area (Å²) in [4.78, 5) is 11.5. The van der Waals surface area contributed by atoms with Gasteiger partial charge in [0.15, 0.2) is 5.75 Å². The van der Waals surface area contributed by atoms with Crippen molar-refractivity contribution in [1.29, 1.82) is 0 Å². The van der Waals surface area contributed by atoms with Crippen LogP contribution in [0.3, 0.4) is 0 Å². The van der Waals surface area contributed by atoms with Crippen LogP contribution < -0.4 is 14.2 Å². The van der Waals surface area contributed by atoms with Crippen LogP contribution in [-0.4, -0.2) is 20.1 Å². The van der Waals surface area contributed by atoms with Gasteiger partial charge in [-0.25, -0.2) is 9.52 Å². The first kappa shape index (κ1) is 14.4. The van der Waals surface area contributed by atoms with E-state index in [4.69, 9.17) is 8.92 Å². The number of carbonyl (C=O) groups is 1. The number of anilines is 1. The number of alkyl carbamates (subject to hydrolysis) is 1. The molecule has 0 saturated heterocycles. The summed E-state index contributed by atoms with van der Waals surface area (Å²) in [6.45, 7) is 5.52. The van der Waals surface area contributed by atoms with Gasteiger partial charge >= 0.3 is 16.4 Å². The Morgan fingerprint density at radius 2 is 2.10 bits per heavy atom. The highest BCUT2D eigenvalue weighted by molar-refractivity contribution is 7.88. The maximum Gasteiger partial charge on any atom is 0.407 e. The van der Waals surface area contributed by atoms with Crippen molar-refractivity contribution in [2.45, 2.75) is 32.9 Å². The second kappa shape index (κ2) is 4.86. The van der Waals surface area contributed by atoms with Gasteiger partial charge in [-0.2, -0.15) is 8.42 Å². The van der Waals surface area contributed by atoms with Gasteiger partial charge in [0.25, 0.3) is 0 Å². The molecule has 0 radical (unpaired) electrons. The average molecular weight is 300 g/mol. The molecule has 1 amide bonds. The van der Waals surface area contributed by atoms with E-state index in [0.717, 1.165) is 0 Å². The van der Waals surface area contributed by atoms with Crippen LogP contribution in [0.1, 0.15) is 26.3 Å². The molecular formula is C12H16N2O5S.